The van der Waals surface area contributed by atoms with Gasteiger partial charge in [0.05, 0.1) is 10.6 Å². The summed E-state index contributed by atoms with van der Waals surface area (Å²) in [5.41, 5.74) is 2.43. The van der Waals surface area contributed by atoms with E-state index in [1.54, 1.807) is 24.3 Å². The van der Waals surface area contributed by atoms with Crippen molar-refractivity contribution in [1.29, 1.82) is 0 Å². The van der Waals surface area contributed by atoms with Crippen molar-refractivity contribution in [2.45, 2.75) is 49.8 Å². The highest BCUT2D eigenvalue weighted by Gasteiger charge is 2.29. The van der Waals surface area contributed by atoms with E-state index in [2.05, 4.69) is 5.32 Å². The summed E-state index contributed by atoms with van der Waals surface area (Å²) in [6, 6.07) is 14.1. The van der Waals surface area contributed by atoms with Gasteiger partial charge in [0.1, 0.15) is 0 Å². The lowest BCUT2D eigenvalue weighted by Crippen LogP contribution is -2.35. The summed E-state index contributed by atoms with van der Waals surface area (Å²) in [5, 5.41) is 3.00. The van der Waals surface area contributed by atoms with E-state index in [9.17, 15) is 13.2 Å². The lowest BCUT2D eigenvalue weighted by atomic mass is 10.0. The average molecular weight is 399 g/mol. The fourth-order valence-electron chi connectivity index (χ4n) is 4.30. The third kappa shape index (κ3) is 3.92. The summed E-state index contributed by atoms with van der Waals surface area (Å²) in [5.74, 6) is 0.556. The highest BCUT2D eigenvalue weighted by atomic mass is 32.2. The quantitative estimate of drug-likeness (QED) is 0.814. The van der Waals surface area contributed by atoms with Crippen LogP contribution >= 0.6 is 0 Å². The van der Waals surface area contributed by atoms with Gasteiger partial charge in [0.15, 0.2) is 0 Å². The molecular formula is C22H26N2O3S. The van der Waals surface area contributed by atoms with Gasteiger partial charge in [-0.1, -0.05) is 31.0 Å². The van der Waals surface area contributed by atoms with Gasteiger partial charge in [-0.15, -0.1) is 0 Å². The molecule has 0 unspecified atom stereocenters. The zero-order valence-corrected chi connectivity index (χ0v) is 16.7. The van der Waals surface area contributed by atoms with Crippen LogP contribution in [-0.2, 0) is 21.2 Å². The minimum Gasteiger partial charge on any atom is -0.326 e. The number of carbonyl (C=O) groups excluding carboxylic acids is 1. The summed E-state index contributed by atoms with van der Waals surface area (Å²) >= 11 is 0. The molecule has 0 saturated heterocycles. The minimum absolute atomic E-state index is 0.0522. The fraction of sp³-hybridized carbons (Fsp3) is 0.409. The van der Waals surface area contributed by atoms with Crippen LogP contribution < -0.4 is 9.62 Å². The van der Waals surface area contributed by atoms with Gasteiger partial charge in [0.25, 0.3) is 10.0 Å². The SMILES string of the molecule is O=C(CC1CCCC1)Nc1ccc2c(c1)CCCN2S(=O)(=O)c1ccccc1. The summed E-state index contributed by atoms with van der Waals surface area (Å²) in [6.07, 6.45) is 6.88. The first-order chi connectivity index (χ1) is 13.5. The first-order valence-electron chi connectivity index (χ1n) is 10.0. The van der Waals surface area contributed by atoms with Crippen molar-refractivity contribution in [3.63, 3.8) is 0 Å². The van der Waals surface area contributed by atoms with Gasteiger partial charge < -0.3 is 5.32 Å². The molecule has 2 aromatic carbocycles. The molecule has 1 N–H and O–H groups in total. The molecule has 0 atom stereocenters. The molecule has 4 rings (SSSR count). The van der Waals surface area contributed by atoms with E-state index in [4.69, 9.17) is 0 Å². The van der Waals surface area contributed by atoms with Crippen LogP contribution in [0, 0.1) is 5.92 Å². The highest BCUT2D eigenvalue weighted by Crippen LogP contribution is 2.34. The maximum absolute atomic E-state index is 13.1. The van der Waals surface area contributed by atoms with Crippen molar-refractivity contribution in [2.75, 3.05) is 16.2 Å². The second-order valence-corrected chi connectivity index (χ2v) is 9.60. The Labute approximate surface area is 166 Å². The molecule has 0 radical (unpaired) electrons. The smallest absolute Gasteiger partial charge is 0.264 e. The van der Waals surface area contributed by atoms with Gasteiger partial charge in [-0.05, 0) is 67.5 Å². The zero-order chi connectivity index (χ0) is 19.6. The van der Waals surface area contributed by atoms with Crippen molar-refractivity contribution in [2.24, 2.45) is 5.92 Å². The first-order valence-corrected chi connectivity index (χ1v) is 11.5. The predicted molar refractivity (Wildman–Crippen MR) is 111 cm³/mol. The molecule has 1 aliphatic heterocycles. The number of rotatable bonds is 5. The van der Waals surface area contributed by atoms with Gasteiger partial charge in [-0.3, -0.25) is 9.10 Å². The largest absolute Gasteiger partial charge is 0.326 e. The molecule has 5 nitrogen and oxygen atoms in total. The van der Waals surface area contributed by atoms with E-state index in [1.807, 2.05) is 24.3 Å². The second-order valence-electron chi connectivity index (χ2n) is 7.74. The lowest BCUT2D eigenvalue weighted by molar-refractivity contribution is -0.117. The average Bonchev–Trinajstić information content (AvgIpc) is 3.21. The topological polar surface area (TPSA) is 66.5 Å². The number of anilines is 2. The van der Waals surface area contributed by atoms with Gasteiger partial charge in [-0.2, -0.15) is 0 Å². The normalized spacial score (nSPS) is 17.4. The van der Waals surface area contributed by atoms with Crippen LogP contribution in [0.15, 0.2) is 53.4 Å². The van der Waals surface area contributed by atoms with Crippen LogP contribution in [-0.4, -0.2) is 20.9 Å². The number of nitrogens with one attached hydrogen (secondary N) is 1. The van der Waals surface area contributed by atoms with Gasteiger partial charge in [-0.25, -0.2) is 8.42 Å². The molecule has 2 aliphatic rings. The van der Waals surface area contributed by atoms with Crippen LogP contribution in [0.4, 0.5) is 11.4 Å². The molecule has 1 saturated carbocycles. The number of hydrogen-bond donors (Lipinski definition) is 1. The predicted octanol–water partition coefficient (Wildman–Crippen LogP) is 4.35. The maximum atomic E-state index is 13.1. The highest BCUT2D eigenvalue weighted by molar-refractivity contribution is 7.92. The summed E-state index contributed by atoms with van der Waals surface area (Å²) in [4.78, 5) is 12.6. The monoisotopic (exact) mass is 398 g/mol. The Balaban J connectivity index is 1.53. The van der Waals surface area contributed by atoms with Crippen molar-refractivity contribution >= 4 is 27.3 Å². The molecule has 1 amide bonds. The Morgan fingerprint density at radius 1 is 1.04 bits per heavy atom. The molecule has 28 heavy (non-hydrogen) atoms. The van der Waals surface area contributed by atoms with E-state index in [-0.39, 0.29) is 5.91 Å². The van der Waals surface area contributed by atoms with Crippen LogP contribution in [0.5, 0.6) is 0 Å². The third-order valence-corrected chi connectivity index (χ3v) is 7.55. The van der Waals surface area contributed by atoms with Crippen molar-refractivity contribution in [3.8, 4) is 0 Å². The minimum atomic E-state index is -3.58. The maximum Gasteiger partial charge on any atom is 0.264 e. The molecule has 0 spiro atoms. The molecule has 0 aromatic heterocycles. The van der Waals surface area contributed by atoms with Crippen LogP contribution in [0.25, 0.3) is 0 Å². The van der Waals surface area contributed by atoms with Crippen LogP contribution in [0.2, 0.25) is 0 Å². The third-order valence-electron chi connectivity index (χ3n) is 5.72. The molecule has 148 valence electrons. The molecule has 1 fully saturated rings. The molecule has 2 aromatic rings. The van der Waals surface area contributed by atoms with Crippen LogP contribution in [0.3, 0.4) is 0 Å². The van der Waals surface area contributed by atoms with Crippen molar-refractivity contribution < 1.29 is 13.2 Å². The number of benzene rings is 2. The van der Waals surface area contributed by atoms with Crippen molar-refractivity contribution in [1.82, 2.24) is 0 Å². The van der Waals surface area contributed by atoms with E-state index >= 15 is 0 Å². The Bertz CT molecular complexity index is 951. The van der Waals surface area contributed by atoms with E-state index < -0.39 is 10.0 Å². The molecule has 6 heteroatoms. The number of hydrogen-bond acceptors (Lipinski definition) is 3. The molecule has 0 bridgehead atoms. The molecule has 1 aliphatic carbocycles. The Kier molecular flexibility index (Phi) is 5.40. The summed E-state index contributed by atoms with van der Waals surface area (Å²) < 4.78 is 27.6. The number of aryl methyl sites for hydroxylation is 1. The zero-order valence-electron chi connectivity index (χ0n) is 15.9. The lowest BCUT2D eigenvalue weighted by Gasteiger charge is -2.31. The van der Waals surface area contributed by atoms with E-state index in [0.29, 0.717) is 29.5 Å². The van der Waals surface area contributed by atoms with Crippen LogP contribution in [0.1, 0.15) is 44.1 Å². The Morgan fingerprint density at radius 3 is 2.54 bits per heavy atom. The van der Waals surface area contributed by atoms with Gasteiger partial charge in [0.2, 0.25) is 5.91 Å². The second kappa shape index (κ2) is 7.95. The van der Waals surface area contributed by atoms with Crippen molar-refractivity contribution in [3.05, 3.63) is 54.1 Å². The Morgan fingerprint density at radius 2 is 1.79 bits per heavy atom. The number of amides is 1. The van der Waals surface area contributed by atoms with Gasteiger partial charge in [0, 0.05) is 18.7 Å². The number of carbonyl (C=O) groups is 1. The number of fused-ring (bicyclic) bond motifs is 1. The van der Waals surface area contributed by atoms with Gasteiger partial charge >= 0.3 is 0 Å². The number of nitrogens with zero attached hydrogens (tertiary/aromatic N) is 1. The first kappa shape index (κ1) is 19.0. The fourth-order valence-corrected chi connectivity index (χ4v) is 5.86. The summed E-state index contributed by atoms with van der Waals surface area (Å²) in [7, 11) is -3.58. The Hall–Kier alpha value is -2.34. The molecule has 1 heterocycles. The molecular weight excluding hydrogens is 372 g/mol. The summed E-state index contributed by atoms with van der Waals surface area (Å²) in [6.45, 7) is 0.470. The van der Waals surface area contributed by atoms with E-state index in [0.717, 1.165) is 36.9 Å². The number of sulfonamides is 1. The standard InChI is InChI=1S/C22H26N2O3S/c25-22(15-17-7-4-5-8-17)23-19-12-13-21-18(16-19)9-6-14-24(21)28(26,27)20-10-2-1-3-11-20/h1-3,10-13,16-17H,4-9,14-15H2,(H,23,25). The van der Waals surface area contributed by atoms with E-state index in [1.165, 1.54) is 17.1 Å².